The van der Waals surface area contributed by atoms with Crippen LogP contribution < -0.4 is 0 Å². The van der Waals surface area contributed by atoms with E-state index in [1.54, 1.807) is 0 Å². The Balaban J connectivity index is 0. The number of rotatable bonds is 0. The van der Waals surface area contributed by atoms with Crippen LogP contribution in [0, 0.1) is 19.9 Å². The van der Waals surface area contributed by atoms with Gasteiger partial charge in [-0.2, -0.15) is 0 Å². The molecule has 94 valence electrons. The topological polar surface area (TPSA) is 23.6 Å². The Labute approximate surface area is 115 Å². The van der Waals surface area contributed by atoms with Gasteiger partial charge in [-0.15, -0.1) is 0 Å². The molecule has 2 saturated heterocycles. The van der Waals surface area contributed by atoms with Crippen molar-refractivity contribution < 1.29 is 25.9 Å². The van der Waals surface area contributed by atoms with E-state index in [9.17, 15) is 4.79 Å². The molecule has 0 aromatic heterocycles. The summed E-state index contributed by atoms with van der Waals surface area (Å²) >= 11 is 0. The second kappa shape index (κ2) is 8.27. The fraction of sp³-hybridized carbons (Fsp3) is 0.750. The molecule has 2 fully saturated rings. The number of hydrogen-bond donors (Lipinski definition) is 0. The summed E-state index contributed by atoms with van der Waals surface area (Å²) in [6.45, 7) is 8.11. The van der Waals surface area contributed by atoms with Gasteiger partial charge >= 0.3 is 21.1 Å². The number of likely N-dealkylation sites (N-methyl/N-ethyl adjacent to an activating group) is 1. The average Bonchev–Trinajstić information content (AvgIpc) is 2.53. The molecule has 0 aromatic rings. The summed E-state index contributed by atoms with van der Waals surface area (Å²) in [5.41, 5.74) is 0. The number of Topliss-reactive ketones (excluding diaryl/α,β-unsaturated/α-hetero) is 1. The van der Waals surface area contributed by atoms with Gasteiger partial charge in [-0.25, -0.2) is 0 Å². The quantitative estimate of drug-likeness (QED) is 0.580. The van der Waals surface area contributed by atoms with Crippen LogP contribution in [0.5, 0.6) is 0 Å². The second-order valence-corrected chi connectivity index (χ2v) is 4.33. The normalized spacial score (nSPS) is 28.2. The van der Waals surface area contributed by atoms with Crippen LogP contribution in [0.15, 0.2) is 0 Å². The molecule has 2 aliphatic heterocycles. The third-order valence-corrected chi connectivity index (χ3v) is 2.90. The predicted molar refractivity (Wildman–Crippen MR) is 64.2 cm³/mol. The van der Waals surface area contributed by atoms with Crippen LogP contribution in [0.1, 0.15) is 20.8 Å². The fourth-order valence-corrected chi connectivity index (χ4v) is 2.26. The summed E-state index contributed by atoms with van der Waals surface area (Å²) in [5, 5.41) is 0. The SMILES string of the molecule is C.[CH2-]C(C)=O.[CH2-]N1CC2CCN(C)C2C1.[W+2]. The zero-order valence-electron chi connectivity index (χ0n) is 9.61. The van der Waals surface area contributed by atoms with Crippen LogP contribution in [0.2, 0.25) is 0 Å². The Bertz CT molecular complexity index is 207. The number of hydrogen-bond acceptors (Lipinski definition) is 3. The molecule has 2 heterocycles. The van der Waals surface area contributed by atoms with Gasteiger partial charge in [0.05, 0.1) is 0 Å². The number of nitrogens with zero attached hydrogens (tertiary/aromatic N) is 2. The molecule has 2 aliphatic rings. The van der Waals surface area contributed by atoms with Gasteiger partial charge in [0.1, 0.15) is 0 Å². The Morgan fingerprint density at radius 2 is 1.88 bits per heavy atom. The maximum atomic E-state index is 9.33. The number of ketones is 1. The van der Waals surface area contributed by atoms with Gasteiger partial charge in [-0.3, -0.25) is 7.05 Å². The summed E-state index contributed by atoms with van der Waals surface area (Å²) in [7, 11) is 6.19. The van der Waals surface area contributed by atoms with E-state index in [2.05, 4.69) is 30.8 Å². The molecule has 0 aliphatic carbocycles. The van der Waals surface area contributed by atoms with Crippen molar-refractivity contribution in [3.05, 3.63) is 14.0 Å². The smallest absolute Gasteiger partial charge is 0.458 e. The molecule has 0 bridgehead atoms. The Morgan fingerprint density at radius 1 is 1.38 bits per heavy atom. The summed E-state index contributed by atoms with van der Waals surface area (Å²) in [4.78, 5) is 14.0. The molecule has 16 heavy (non-hydrogen) atoms. The third kappa shape index (κ3) is 5.47. The minimum atomic E-state index is -0.0833. The number of carbonyl (C=O) groups is 1. The predicted octanol–water partition coefficient (Wildman–Crippen LogP) is 1.46. The van der Waals surface area contributed by atoms with Crippen LogP contribution in [0.4, 0.5) is 0 Å². The minimum absolute atomic E-state index is 0. The molecule has 3 nitrogen and oxygen atoms in total. The van der Waals surface area contributed by atoms with Crippen molar-refractivity contribution in [2.24, 2.45) is 5.92 Å². The molecule has 4 heteroatoms. The van der Waals surface area contributed by atoms with Crippen LogP contribution in [-0.2, 0) is 25.9 Å². The Kier molecular flexibility index (Phi) is 9.57. The van der Waals surface area contributed by atoms with Crippen LogP contribution in [-0.4, -0.2) is 48.3 Å². The van der Waals surface area contributed by atoms with Gasteiger partial charge in [0, 0.05) is 6.04 Å². The van der Waals surface area contributed by atoms with Gasteiger partial charge in [0.25, 0.3) is 0 Å². The van der Waals surface area contributed by atoms with E-state index in [1.807, 2.05) is 0 Å². The van der Waals surface area contributed by atoms with Crippen molar-refractivity contribution in [2.75, 3.05) is 26.7 Å². The van der Waals surface area contributed by atoms with Gasteiger partial charge in [-0.05, 0) is 51.7 Å². The molecule has 0 radical (unpaired) electrons. The summed E-state index contributed by atoms with van der Waals surface area (Å²) in [5.74, 6) is 0.836. The first-order valence-electron chi connectivity index (χ1n) is 5.09. The van der Waals surface area contributed by atoms with Crippen molar-refractivity contribution >= 4 is 5.78 Å². The first-order valence-corrected chi connectivity index (χ1v) is 5.09. The van der Waals surface area contributed by atoms with Gasteiger partial charge in [0.15, 0.2) is 0 Å². The molecule has 0 spiro atoms. The summed E-state index contributed by atoms with van der Waals surface area (Å²) < 4.78 is 0. The van der Waals surface area contributed by atoms with Crippen LogP contribution >= 0.6 is 0 Å². The van der Waals surface area contributed by atoms with Crippen molar-refractivity contribution in [3.8, 4) is 0 Å². The molecule has 0 amide bonds. The molecule has 0 N–H and O–H groups in total. The molecule has 0 saturated carbocycles. The monoisotopic (exact) mass is 396 g/mol. The van der Waals surface area contributed by atoms with E-state index in [0.717, 1.165) is 12.0 Å². The molecule has 2 unspecified atom stereocenters. The van der Waals surface area contributed by atoms with Gasteiger partial charge < -0.3 is 21.5 Å². The van der Waals surface area contributed by atoms with Crippen molar-refractivity contribution in [2.45, 2.75) is 26.8 Å². The summed E-state index contributed by atoms with van der Waals surface area (Å²) in [6.07, 6.45) is 1.38. The maximum Gasteiger partial charge on any atom is 2.00 e. The Hall–Kier alpha value is 0.148. The molecule has 2 rings (SSSR count). The standard InChI is InChI=1S/C8H15N2.C3H5O.CH4.W/c1-9-5-7-3-4-10(2)8(7)6-9;1-3(2)4;;/h7-8H,1,3-6H2,2H3;1H2,2H3;1H4;/q2*-1;;+2. The van der Waals surface area contributed by atoms with Crippen molar-refractivity contribution in [1.29, 1.82) is 0 Å². The van der Waals surface area contributed by atoms with E-state index in [1.165, 1.54) is 33.0 Å². The second-order valence-electron chi connectivity index (χ2n) is 4.33. The number of likely N-dealkylation sites (tertiary alicyclic amines) is 2. The number of carbonyl (C=O) groups excluding carboxylic acids is 1. The first kappa shape index (κ1) is 18.5. The molecular weight excluding hydrogens is 372 g/mol. The summed E-state index contributed by atoms with van der Waals surface area (Å²) in [6, 6.07) is 0.817. The van der Waals surface area contributed by atoms with Crippen molar-refractivity contribution in [3.63, 3.8) is 0 Å². The van der Waals surface area contributed by atoms with Crippen LogP contribution in [0.25, 0.3) is 0 Å². The molecule has 2 atom stereocenters. The Morgan fingerprint density at radius 3 is 2.31 bits per heavy atom. The van der Waals surface area contributed by atoms with Crippen molar-refractivity contribution in [1.82, 2.24) is 9.80 Å². The maximum absolute atomic E-state index is 9.33. The molecular formula is C12H24N2OW. The zero-order chi connectivity index (χ0) is 10.7. The van der Waals surface area contributed by atoms with E-state index in [0.29, 0.717) is 0 Å². The fourth-order valence-electron chi connectivity index (χ4n) is 2.26. The van der Waals surface area contributed by atoms with E-state index in [-0.39, 0.29) is 34.3 Å². The minimum Gasteiger partial charge on any atom is -0.458 e. The molecule has 0 aromatic carbocycles. The number of fused-ring (bicyclic) bond motifs is 1. The average molecular weight is 396 g/mol. The van der Waals surface area contributed by atoms with E-state index in [4.69, 9.17) is 0 Å². The van der Waals surface area contributed by atoms with Crippen LogP contribution in [0.3, 0.4) is 0 Å². The van der Waals surface area contributed by atoms with E-state index < -0.39 is 0 Å². The van der Waals surface area contributed by atoms with E-state index >= 15 is 0 Å². The zero-order valence-corrected chi connectivity index (χ0v) is 12.5. The van der Waals surface area contributed by atoms with Gasteiger partial charge in [0.2, 0.25) is 0 Å². The third-order valence-electron chi connectivity index (χ3n) is 2.90. The largest absolute Gasteiger partial charge is 2.00 e. The van der Waals surface area contributed by atoms with Gasteiger partial charge in [-0.1, -0.05) is 7.43 Å². The first-order chi connectivity index (χ1) is 6.50.